The molecule has 0 fully saturated rings. The number of hydrogen-bond acceptors (Lipinski definition) is 6. The first kappa shape index (κ1) is 18.3. The molecule has 0 spiro atoms. The van der Waals surface area contributed by atoms with Crippen LogP contribution in [-0.2, 0) is 19.1 Å². The molecule has 0 saturated carbocycles. The first-order chi connectivity index (χ1) is 11.9. The van der Waals surface area contributed by atoms with E-state index in [0.717, 1.165) is 7.11 Å². The molecule has 1 heterocycles. The maximum absolute atomic E-state index is 12.3. The summed E-state index contributed by atoms with van der Waals surface area (Å²) in [4.78, 5) is 37.2. The molecule has 130 valence electrons. The van der Waals surface area contributed by atoms with Gasteiger partial charge in [-0.1, -0.05) is 23.7 Å². The van der Waals surface area contributed by atoms with Crippen molar-refractivity contribution in [1.82, 2.24) is 0 Å². The van der Waals surface area contributed by atoms with Crippen LogP contribution in [0, 0.1) is 0 Å². The summed E-state index contributed by atoms with van der Waals surface area (Å²) >= 11 is 6.00. The Kier molecular flexibility index (Phi) is 5.61. The van der Waals surface area contributed by atoms with Crippen molar-refractivity contribution in [1.29, 1.82) is 0 Å². The van der Waals surface area contributed by atoms with Gasteiger partial charge >= 0.3 is 17.9 Å². The number of carboxylic acids is 1. The average Bonchev–Trinajstić information content (AvgIpc) is 2.82. The van der Waals surface area contributed by atoms with Crippen LogP contribution >= 0.6 is 11.6 Å². The fourth-order valence-electron chi connectivity index (χ4n) is 2.28. The van der Waals surface area contributed by atoms with Gasteiger partial charge in [-0.15, -0.1) is 0 Å². The predicted octanol–water partition coefficient (Wildman–Crippen LogP) is 2.53. The smallest absolute Gasteiger partial charge is 0.355 e. The highest BCUT2D eigenvalue weighted by Crippen LogP contribution is 2.32. The molecule has 0 unspecified atom stereocenters. The van der Waals surface area contributed by atoms with Crippen LogP contribution in [0.15, 0.2) is 53.9 Å². The van der Waals surface area contributed by atoms with Crippen LogP contribution < -0.4 is 4.90 Å². The lowest BCUT2D eigenvalue weighted by molar-refractivity contribution is -0.139. The minimum Gasteiger partial charge on any atom is -0.478 e. The highest BCUT2D eigenvalue weighted by Gasteiger charge is 2.30. The molecular weight excluding hydrogens is 350 g/mol. The SMILES string of the molecule is COC(=O)C1=C(C(=O)OC)N(c2cccc(Cl)c2C(=O)O)C=CC=C1. The number of nitrogens with zero attached hydrogens (tertiary/aromatic N) is 1. The number of carboxylic acid groups (broad SMARTS) is 1. The largest absolute Gasteiger partial charge is 0.478 e. The maximum atomic E-state index is 12.3. The zero-order chi connectivity index (χ0) is 18.6. The molecular formula is C17H14ClNO6. The van der Waals surface area contributed by atoms with E-state index in [9.17, 15) is 19.5 Å². The van der Waals surface area contributed by atoms with Crippen LogP contribution in [0.3, 0.4) is 0 Å². The van der Waals surface area contributed by atoms with Crippen LogP contribution in [0.2, 0.25) is 5.02 Å². The topological polar surface area (TPSA) is 93.1 Å². The number of halogens is 1. The van der Waals surface area contributed by atoms with E-state index < -0.39 is 17.9 Å². The van der Waals surface area contributed by atoms with E-state index in [2.05, 4.69) is 0 Å². The molecule has 0 bridgehead atoms. The van der Waals surface area contributed by atoms with Crippen molar-refractivity contribution >= 4 is 35.2 Å². The lowest BCUT2D eigenvalue weighted by Gasteiger charge is -2.24. The molecule has 0 atom stereocenters. The van der Waals surface area contributed by atoms with Gasteiger partial charge < -0.3 is 19.5 Å². The monoisotopic (exact) mass is 363 g/mol. The molecule has 2 rings (SSSR count). The Hall–Kier alpha value is -3.06. The van der Waals surface area contributed by atoms with Gasteiger partial charge in [-0.05, 0) is 24.3 Å². The van der Waals surface area contributed by atoms with Gasteiger partial charge in [0, 0.05) is 6.20 Å². The molecule has 1 aliphatic rings. The number of allylic oxidation sites excluding steroid dienone is 2. The van der Waals surface area contributed by atoms with Gasteiger partial charge in [0.1, 0.15) is 11.3 Å². The van der Waals surface area contributed by atoms with Crippen LogP contribution in [0.4, 0.5) is 5.69 Å². The van der Waals surface area contributed by atoms with Crippen molar-refractivity contribution in [3.05, 3.63) is 64.5 Å². The summed E-state index contributed by atoms with van der Waals surface area (Å²) in [6, 6.07) is 4.41. The van der Waals surface area contributed by atoms with E-state index >= 15 is 0 Å². The molecule has 8 heteroatoms. The summed E-state index contributed by atoms with van der Waals surface area (Å²) < 4.78 is 9.46. The molecule has 7 nitrogen and oxygen atoms in total. The lowest BCUT2D eigenvalue weighted by Crippen LogP contribution is -2.28. The zero-order valence-corrected chi connectivity index (χ0v) is 14.1. The summed E-state index contributed by atoms with van der Waals surface area (Å²) in [6.07, 6.45) is 5.85. The van der Waals surface area contributed by atoms with Crippen molar-refractivity contribution in [2.45, 2.75) is 0 Å². The first-order valence-corrected chi connectivity index (χ1v) is 7.37. The molecule has 0 aliphatic carbocycles. The van der Waals surface area contributed by atoms with Gasteiger partial charge in [0.25, 0.3) is 0 Å². The minimum absolute atomic E-state index is 0.0144. The van der Waals surface area contributed by atoms with E-state index in [0.29, 0.717) is 0 Å². The number of benzene rings is 1. The number of esters is 2. The Morgan fingerprint density at radius 1 is 1.08 bits per heavy atom. The Bertz CT molecular complexity index is 824. The number of carbonyl (C=O) groups excluding carboxylic acids is 2. The third kappa shape index (κ3) is 3.56. The average molecular weight is 364 g/mol. The van der Waals surface area contributed by atoms with Crippen molar-refractivity contribution in [2.24, 2.45) is 0 Å². The first-order valence-electron chi connectivity index (χ1n) is 6.99. The quantitative estimate of drug-likeness (QED) is 0.821. The van der Waals surface area contributed by atoms with E-state index in [1.807, 2.05) is 0 Å². The van der Waals surface area contributed by atoms with Crippen LogP contribution in [0.25, 0.3) is 0 Å². The predicted molar refractivity (Wildman–Crippen MR) is 90.2 cm³/mol. The summed E-state index contributed by atoms with van der Waals surface area (Å²) in [6.45, 7) is 0. The highest BCUT2D eigenvalue weighted by atomic mass is 35.5. The number of ether oxygens (including phenoxy) is 2. The second kappa shape index (κ2) is 7.67. The van der Waals surface area contributed by atoms with Crippen LogP contribution in [-0.4, -0.2) is 37.2 Å². The number of rotatable bonds is 4. The lowest BCUT2D eigenvalue weighted by atomic mass is 10.1. The van der Waals surface area contributed by atoms with Crippen molar-refractivity contribution in [3.63, 3.8) is 0 Å². The molecule has 0 aromatic heterocycles. The van der Waals surface area contributed by atoms with Crippen molar-refractivity contribution in [3.8, 4) is 0 Å². The number of carbonyl (C=O) groups is 3. The number of hydrogen-bond donors (Lipinski definition) is 1. The summed E-state index contributed by atoms with van der Waals surface area (Å²) in [7, 11) is 2.32. The zero-order valence-electron chi connectivity index (χ0n) is 13.4. The maximum Gasteiger partial charge on any atom is 0.355 e. The van der Waals surface area contributed by atoms with Gasteiger partial charge in [-0.2, -0.15) is 0 Å². The Labute approximate surface area is 148 Å². The van der Waals surface area contributed by atoms with Gasteiger partial charge in [-0.3, -0.25) is 0 Å². The molecule has 0 radical (unpaired) electrons. The third-order valence-electron chi connectivity index (χ3n) is 3.35. The van der Waals surface area contributed by atoms with E-state index in [1.54, 1.807) is 0 Å². The third-order valence-corrected chi connectivity index (χ3v) is 3.67. The second-order valence-corrected chi connectivity index (χ2v) is 5.16. The normalized spacial score (nSPS) is 13.5. The van der Waals surface area contributed by atoms with E-state index in [-0.39, 0.29) is 27.5 Å². The summed E-state index contributed by atoms with van der Waals surface area (Å²) in [5, 5.41) is 9.46. The standard InChI is InChI=1S/C17H14ClNO6/c1-24-16(22)10-6-3-4-9-19(14(10)17(23)25-2)12-8-5-7-11(18)13(12)15(20)21/h3-9H,1-2H3,(H,20,21). The molecule has 1 N–H and O–H groups in total. The van der Waals surface area contributed by atoms with Crippen molar-refractivity contribution < 1.29 is 29.0 Å². The Balaban J connectivity index is 2.79. The number of aromatic carboxylic acids is 1. The molecule has 0 amide bonds. The van der Waals surface area contributed by atoms with Crippen LogP contribution in [0.1, 0.15) is 10.4 Å². The molecule has 0 saturated heterocycles. The van der Waals surface area contributed by atoms with Gasteiger partial charge in [-0.25, -0.2) is 14.4 Å². The van der Waals surface area contributed by atoms with E-state index in [1.165, 1.54) is 54.6 Å². The van der Waals surface area contributed by atoms with Gasteiger partial charge in [0.15, 0.2) is 0 Å². The van der Waals surface area contributed by atoms with Crippen molar-refractivity contribution in [2.75, 3.05) is 19.1 Å². The minimum atomic E-state index is -1.28. The number of anilines is 1. The molecule has 25 heavy (non-hydrogen) atoms. The second-order valence-electron chi connectivity index (χ2n) is 4.76. The fourth-order valence-corrected chi connectivity index (χ4v) is 2.53. The molecule has 1 aliphatic heterocycles. The summed E-state index contributed by atoms with van der Waals surface area (Å²) in [5.74, 6) is -2.90. The Morgan fingerprint density at radius 2 is 1.76 bits per heavy atom. The summed E-state index contributed by atoms with van der Waals surface area (Å²) in [5.41, 5.74) is -0.400. The fraction of sp³-hybridized carbons (Fsp3) is 0.118. The van der Waals surface area contributed by atoms with Gasteiger partial charge in [0.2, 0.25) is 0 Å². The highest BCUT2D eigenvalue weighted by molar-refractivity contribution is 6.34. The molecule has 1 aromatic rings. The number of methoxy groups -OCH3 is 2. The Morgan fingerprint density at radius 3 is 2.36 bits per heavy atom. The van der Waals surface area contributed by atoms with Crippen LogP contribution in [0.5, 0.6) is 0 Å². The van der Waals surface area contributed by atoms with Gasteiger partial charge in [0.05, 0.1) is 30.5 Å². The van der Waals surface area contributed by atoms with E-state index in [4.69, 9.17) is 21.1 Å². The molecule has 1 aromatic carbocycles.